The minimum absolute atomic E-state index is 0.804. The number of fused-ring (bicyclic) bond motifs is 2. The Morgan fingerprint density at radius 1 is 0.417 bits per heavy atom. The van der Waals surface area contributed by atoms with E-state index in [0.717, 1.165) is 11.1 Å². The second kappa shape index (κ2) is 11.7. The summed E-state index contributed by atoms with van der Waals surface area (Å²) in [5.74, 6) is 0. The van der Waals surface area contributed by atoms with Crippen molar-refractivity contribution >= 4 is 48.6 Å². The van der Waals surface area contributed by atoms with Crippen LogP contribution in [0, 0.1) is 0 Å². The Hall–Kier alpha value is -3.69. The van der Waals surface area contributed by atoms with Crippen LogP contribution < -0.4 is 0 Å². The van der Waals surface area contributed by atoms with Crippen LogP contribution in [0.15, 0.2) is 170 Å². The van der Waals surface area contributed by atoms with Crippen LogP contribution in [0.3, 0.4) is 0 Å². The molecule has 0 bridgehead atoms. The first kappa shape index (κ1) is 31.6. The second-order valence-corrected chi connectivity index (χ2v) is 42.0. The minimum atomic E-state index is -5.48. The number of halogens is 2. The summed E-state index contributed by atoms with van der Waals surface area (Å²) in [5.41, 5.74) is 11.8. The normalized spacial score (nSPS) is 20.7. The number of benzene rings is 6. The predicted octanol–water partition coefficient (Wildman–Crippen LogP) is 12.0. The van der Waals surface area contributed by atoms with E-state index in [0.29, 0.717) is 0 Å². The van der Waals surface area contributed by atoms with E-state index >= 15 is 0 Å². The molecule has 4 heteroatoms. The molecule has 0 heterocycles. The van der Waals surface area contributed by atoms with Crippen LogP contribution in [0.25, 0.3) is 23.3 Å². The van der Waals surface area contributed by atoms with Gasteiger partial charge >= 0.3 is 296 Å². The Labute approximate surface area is 293 Å². The molecule has 6 aromatic carbocycles. The summed E-state index contributed by atoms with van der Waals surface area (Å²) >= 11 is -5.48. The molecule has 2 atom stereocenters. The van der Waals surface area contributed by atoms with Crippen molar-refractivity contribution in [2.45, 2.75) is 20.5 Å². The Morgan fingerprint density at radius 3 is 1.08 bits per heavy atom. The van der Waals surface area contributed by atoms with Gasteiger partial charge in [0.05, 0.1) is 0 Å². The van der Waals surface area contributed by atoms with E-state index < -0.39 is 26.5 Å². The molecule has 0 aliphatic heterocycles. The van der Waals surface area contributed by atoms with E-state index in [1.165, 1.54) is 44.5 Å². The monoisotopic (exact) mass is 711 g/mol. The van der Waals surface area contributed by atoms with Crippen LogP contribution in [0.1, 0.15) is 44.5 Å². The SMILES string of the molecule is C[SiH](C)[Ti]([Cl])([Cl])([C]1(c2ccccc2)C(c2ccccc2)=Cc2ccccc21)[C]1(c2ccccc2)C(c2ccccc2)=Cc2ccccc21. The third kappa shape index (κ3) is 4.00. The summed E-state index contributed by atoms with van der Waals surface area (Å²) in [6.45, 7) is 2.76. The van der Waals surface area contributed by atoms with Gasteiger partial charge in [0, 0.05) is 0 Å². The molecular formula is C44H37Cl2SiTi. The standard InChI is InChI=1S/2C21H15.C2H7Si.2ClH.Ti/c2*1-3-9-16(10-4-1)20-15-18-13-7-8-14-19(18)21(20)17-11-5-2-6-12-17;1-3-2;;;/h2*1-15H;3H,1-2H3;2*1H;/q;;;;;+2/p-2. The molecular weight excluding hydrogens is 675 g/mol. The van der Waals surface area contributed by atoms with Crippen molar-refractivity contribution < 1.29 is 12.4 Å². The van der Waals surface area contributed by atoms with Gasteiger partial charge in [0.25, 0.3) is 0 Å². The van der Waals surface area contributed by atoms with Crippen molar-refractivity contribution in [1.29, 1.82) is 0 Å². The van der Waals surface area contributed by atoms with E-state index in [1.807, 2.05) is 0 Å². The van der Waals surface area contributed by atoms with Crippen molar-refractivity contribution in [3.05, 3.63) is 214 Å². The van der Waals surface area contributed by atoms with Gasteiger partial charge in [-0.15, -0.1) is 0 Å². The van der Waals surface area contributed by atoms with Crippen molar-refractivity contribution in [1.82, 2.24) is 0 Å². The van der Waals surface area contributed by atoms with E-state index in [9.17, 15) is 18.6 Å². The summed E-state index contributed by atoms with van der Waals surface area (Å²) in [6, 6.07) is 61.4. The fourth-order valence-electron chi connectivity index (χ4n) is 9.24. The van der Waals surface area contributed by atoms with Crippen molar-refractivity contribution in [2.75, 3.05) is 0 Å². The summed E-state index contributed by atoms with van der Waals surface area (Å²) in [5, 5.41) is 0. The molecule has 0 spiro atoms. The Kier molecular flexibility index (Phi) is 7.71. The zero-order valence-corrected chi connectivity index (χ0v) is 31.4. The van der Waals surface area contributed by atoms with Gasteiger partial charge < -0.3 is 0 Å². The number of hydrogen-bond acceptors (Lipinski definition) is 0. The maximum absolute atomic E-state index is 9.41. The molecule has 0 nitrogen and oxygen atoms in total. The number of allylic oxidation sites excluding steroid dienone is 2. The molecule has 0 saturated carbocycles. The van der Waals surface area contributed by atoms with Crippen LogP contribution in [-0.4, -0.2) is 6.66 Å². The summed E-state index contributed by atoms with van der Waals surface area (Å²) in [6.07, 6.45) is 4.79. The number of hydrogen-bond donors (Lipinski definition) is 0. The molecule has 6 aromatic rings. The first-order valence-electron chi connectivity index (χ1n) is 16.8. The summed E-state index contributed by atoms with van der Waals surface area (Å²) in [4.78, 5) is 0. The Balaban J connectivity index is 1.66. The molecule has 235 valence electrons. The number of rotatable bonds is 7. The van der Waals surface area contributed by atoms with Crippen LogP contribution >= 0.6 is 18.6 Å². The molecule has 0 aromatic heterocycles. The van der Waals surface area contributed by atoms with Crippen LogP contribution in [0.4, 0.5) is 0 Å². The average Bonchev–Trinajstić information content (AvgIpc) is 3.69. The molecule has 0 saturated heterocycles. The molecule has 8 rings (SSSR count). The van der Waals surface area contributed by atoms with Gasteiger partial charge in [-0.25, -0.2) is 0 Å². The summed E-state index contributed by atoms with van der Waals surface area (Å²) < 4.78 is -1.61. The molecule has 0 radical (unpaired) electrons. The predicted molar refractivity (Wildman–Crippen MR) is 207 cm³/mol. The van der Waals surface area contributed by atoms with Gasteiger partial charge in [-0.1, -0.05) is 0 Å². The quantitative estimate of drug-likeness (QED) is 0.145. The van der Waals surface area contributed by atoms with Gasteiger partial charge in [-0.05, 0) is 0 Å². The van der Waals surface area contributed by atoms with Crippen LogP contribution in [0.2, 0.25) is 13.1 Å². The molecule has 48 heavy (non-hydrogen) atoms. The van der Waals surface area contributed by atoms with E-state index in [2.05, 4.69) is 195 Å². The molecule has 0 amide bonds. The maximum atomic E-state index is 9.41. The second-order valence-electron chi connectivity index (χ2n) is 13.5. The topological polar surface area (TPSA) is 0 Å². The molecule has 2 aliphatic rings. The first-order chi connectivity index (χ1) is 23.4. The zero-order chi connectivity index (χ0) is 33.0. The molecule has 0 N–H and O–H groups in total. The third-order valence-electron chi connectivity index (χ3n) is 11.1. The average molecular weight is 713 g/mol. The van der Waals surface area contributed by atoms with Gasteiger partial charge in [-0.2, -0.15) is 0 Å². The van der Waals surface area contributed by atoms with Crippen molar-refractivity contribution in [2.24, 2.45) is 0 Å². The van der Waals surface area contributed by atoms with Crippen molar-refractivity contribution in [3.63, 3.8) is 0 Å². The van der Waals surface area contributed by atoms with E-state index in [4.69, 9.17) is 0 Å². The van der Waals surface area contributed by atoms with Gasteiger partial charge in [-0.3, -0.25) is 0 Å². The van der Waals surface area contributed by atoms with Gasteiger partial charge in [0.15, 0.2) is 0 Å². The summed E-state index contributed by atoms with van der Waals surface area (Å²) in [7, 11) is 18.8. The van der Waals surface area contributed by atoms with E-state index in [-0.39, 0.29) is 0 Å². The van der Waals surface area contributed by atoms with Crippen molar-refractivity contribution in [3.8, 4) is 0 Å². The van der Waals surface area contributed by atoms with Crippen LogP contribution in [-0.2, 0) is 19.9 Å². The fourth-order valence-corrected chi connectivity index (χ4v) is 35.7. The zero-order valence-electron chi connectivity index (χ0n) is 27.2. The first-order valence-corrected chi connectivity index (χ1v) is 28.2. The molecule has 2 aliphatic carbocycles. The molecule has 2 unspecified atom stereocenters. The molecule has 0 fully saturated rings. The van der Waals surface area contributed by atoms with Crippen LogP contribution in [0.5, 0.6) is 0 Å². The Bertz CT molecular complexity index is 2040. The van der Waals surface area contributed by atoms with Gasteiger partial charge in [0.1, 0.15) is 0 Å². The Morgan fingerprint density at radius 2 is 0.729 bits per heavy atom. The van der Waals surface area contributed by atoms with E-state index in [1.54, 1.807) is 0 Å². The van der Waals surface area contributed by atoms with Gasteiger partial charge in [0.2, 0.25) is 0 Å². The fraction of sp³-hybridized carbons (Fsp3) is 0.0909. The third-order valence-corrected chi connectivity index (χ3v) is 48.6.